The minimum atomic E-state index is -0.576. The predicted molar refractivity (Wildman–Crippen MR) is 85.4 cm³/mol. The monoisotopic (exact) mass is 312 g/mol. The molecule has 0 aromatic heterocycles. The Morgan fingerprint density at radius 2 is 2.00 bits per heavy atom. The normalized spacial score (nSPS) is 56.3. The van der Waals surface area contributed by atoms with Gasteiger partial charge in [0.25, 0.3) is 0 Å². The number of aliphatic hydroxyl groups excluding tert-OH is 1. The van der Waals surface area contributed by atoms with Crippen LogP contribution in [0.1, 0.15) is 45.4 Å². The van der Waals surface area contributed by atoms with E-state index in [-0.39, 0.29) is 29.0 Å². The minimum Gasteiger partial charge on any atom is -0.388 e. The maximum Gasteiger partial charge on any atom is 0.147 e. The molecule has 7 aliphatic carbocycles. The maximum absolute atomic E-state index is 13.6. The SMILES string of the molecule is C=C1C2CC3C(=O)C45CCC3(C1O)C(C2)C4=CCCC5(C)C=O. The quantitative estimate of drug-likeness (QED) is 0.598. The second kappa shape index (κ2) is 3.88. The van der Waals surface area contributed by atoms with Gasteiger partial charge in [0.2, 0.25) is 0 Å². The third-order valence-electron chi connectivity index (χ3n) is 8.52. The molecule has 0 saturated heterocycles. The highest BCUT2D eigenvalue weighted by molar-refractivity contribution is 5.98. The van der Waals surface area contributed by atoms with Gasteiger partial charge < -0.3 is 9.90 Å². The predicted octanol–water partition coefficient (Wildman–Crippen LogP) is 2.83. The molecule has 6 fully saturated rings. The number of fused-ring (bicyclic) bond motifs is 2. The zero-order chi connectivity index (χ0) is 16.2. The zero-order valence-electron chi connectivity index (χ0n) is 13.7. The van der Waals surface area contributed by atoms with E-state index >= 15 is 0 Å². The molecule has 0 heterocycles. The highest BCUT2D eigenvalue weighted by Crippen LogP contribution is 2.77. The summed E-state index contributed by atoms with van der Waals surface area (Å²) >= 11 is 0. The lowest BCUT2D eigenvalue weighted by atomic mass is 9.30. The first-order valence-corrected chi connectivity index (χ1v) is 9.00. The molecule has 7 unspecified atom stereocenters. The summed E-state index contributed by atoms with van der Waals surface area (Å²) in [7, 11) is 0. The Balaban J connectivity index is 1.78. The van der Waals surface area contributed by atoms with Gasteiger partial charge >= 0.3 is 0 Å². The lowest BCUT2D eigenvalue weighted by molar-refractivity contribution is -0.204. The number of aldehydes is 1. The number of rotatable bonds is 1. The summed E-state index contributed by atoms with van der Waals surface area (Å²) < 4.78 is 0. The number of carbonyl (C=O) groups is 2. The largest absolute Gasteiger partial charge is 0.388 e. The summed E-state index contributed by atoms with van der Waals surface area (Å²) in [5, 5.41) is 11.0. The van der Waals surface area contributed by atoms with E-state index < -0.39 is 16.9 Å². The fraction of sp³-hybridized carbons (Fsp3) is 0.700. The molecule has 1 N–H and O–H groups in total. The Hall–Kier alpha value is -1.22. The first-order chi connectivity index (χ1) is 10.9. The molecule has 3 nitrogen and oxygen atoms in total. The number of carbonyl (C=O) groups excluding carboxylic acids is 2. The number of ketones is 1. The summed E-state index contributed by atoms with van der Waals surface area (Å²) in [5.74, 6) is 0.733. The summed E-state index contributed by atoms with van der Waals surface area (Å²) in [6.07, 6.45) is 7.87. The minimum absolute atomic E-state index is 0.0741. The number of allylic oxidation sites excluding steroid dienone is 2. The molecule has 0 aliphatic heterocycles. The van der Waals surface area contributed by atoms with Gasteiger partial charge in [-0.2, -0.15) is 0 Å². The molecule has 3 heteroatoms. The van der Waals surface area contributed by atoms with Crippen molar-refractivity contribution in [2.45, 2.75) is 51.6 Å². The standard InChI is InChI=1S/C20H24O3/c1-11-12-8-14-13-4-3-5-18(2,10-21)20(13)7-6-19(14,16(11)22)15(9-12)17(20)23/h4,10,12,14-16,22H,1,3,5-9H2,2H3. The summed E-state index contributed by atoms with van der Waals surface area (Å²) in [4.78, 5) is 25.6. The van der Waals surface area contributed by atoms with E-state index in [1.807, 2.05) is 6.92 Å². The Bertz CT molecular complexity index is 691. The van der Waals surface area contributed by atoms with Crippen molar-refractivity contribution in [2.75, 3.05) is 0 Å². The summed E-state index contributed by atoms with van der Waals surface area (Å²) in [6, 6.07) is 0. The number of aliphatic hydroxyl groups is 1. The highest BCUT2D eigenvalue weighted by atomic mass is 16.3. The molecule has 5 bridgehead atoms. The van der Waals surface area contributed by atoms with Gasteiger partial charge in [0, 0.05) is 16.7 Å². The van der Waals surface area contributed by atoms with E-state index in [0.29, 0.717) is 0 Å². The van der Waals surface area contributed by atoms with E-state index in [0.717, 1.165) is 50.4 Å². The van der Waals surface area contributed by atoms with Crippen LogP contribution in [0.5, 0.6) is 0 Å². The number of hydrogen-bond acceptors (Lipinski definition) is 3. The van der Waals surface area contributed by atoms with Crippen LogP contribution in [0.25, 0.3) is 0 Å². The summed E-state index contributed by atoms with van der Waals surface area (Å²) in [5.41, 5.74) is 0.701. The van der Waals surface area contributed by atoms with Crippen LogP contribution in [0.4, 0.5) is 0 Å². The number of hydrogen-bond donors (Lipinski definition) is 1. The van der Waals surface area contributed by atoms with Crippen LogP contribution in [0.3, 0.4) is 0 Å². The Kier molecular flexibility index (Phi) is 2.39. The Morgan fingerprint density at radius 3 is 2.74 bits per heavy atom. The van der Waals surface area contributed by atoms with Gasteiger partial charge in [0.15, 0.2) is 0 Å². The fourth-order valence-electron chi connectivity index (χ4n) is 7.37. The molecular formula is C20H24O3. The van der Waals surface area contributed by atoms with Crippen molar-refractivity contribution < 1.29 is 14.7 Å². The van der Waals surface area contributed by atoms with Crippen molar-refractivity contribution in [2.24, 2.45) is 34.0 Å². The molecule has 0 amide bonds. The van der Waals surface area contributed by atoms with E-state index in [2.05, 4.69) is 12.7 Å². The highest BCUT2D eigenvalue weighted by Gasteiger charge is 2.76. The zero-order valence-corrected chi connectivity index (χ0v) is 13.7. The van der Waals surface area contributed by atoms with E-state index in [4.69, 9.17) is 0 Å². The van der Waals surface area contributed by atoms with Gasteiger partial charge in [-0.1, -0.05) is 25.2 Å². The van der Waals surface area contributed by atoms with Gasteiger partial charge in [-0.25, -0.2) is 0 Å². The van der Waals surface area contributed by atoms with Gasteiger partial charge in [0.05, 0.1) is 11.5 Å². The Labute approximate surface area is 136 Å². The van der Waals surface area contributed by atoms with E-state index in [1.165, 1.54) is 5.57 Å². The Morgan fingerprint density at radius 1 is 1.26 bits per heavy atom. The van der Waals surface area contributed by atoms with Crippen molar-refractivity contribution in [1.82, 2.24) is 0 Å². The van der Waals surface area contributed by atoms with E-state index in [9.17, 15) is 14.7 Å². The van der Waals surface area contributed by atoms with Crippen molar-refractivity contribution in [3.05, 3.63) is 23.8 Å². The lowest BCUT2D eigenvalue weighted by Crippen LogP contribution is -2.73. The molecule has 7 aliphatic rings. The second-order valence-corrected chi connectivity index (χ2v) is 8.87. The fourth-order valence-corrected chi connectivity index (χ4v) is 7.37. The average molecular weight is 312 g/mol. The molecule has 7 rings (SSSR count). The molecule has 122 valence electrons. The van der Waals surface area contributed by atoms with E-state index in [1.54, 1.807) is 0 Å². The smallest absolute Gasteiger partial charge is 0.147 e. The van der Waals surface area contributed by atoms with Gasteiger partial charge in [-0.15, -0.1) is 0 Å². The molecule has 0 aromatic carbocycles. The van der Waals surface area contributed by atoms with Crippen LogP contribution in [0.2, 0.25) is 0 Å². The summed E-state index contributed by atoms with van der Waals surface area (Å²) in [6.45, 7) is 6.15. The van der Waals surface area contributed by atoms with Crippen molar-refractivity contribution in [3.63, 3.8) is 0 Å². The van der Waals surface area contributed by atoms with Crippen molar-refractivity contribution in [1.29, 1.82) is 0 Å². The van der Waals surface area contributed by atoms with Crippen LogP contribution >= 0.6 is 0 Å². The van der Waals surface area contributed by atoms with Gasteiger partial charge in [0.1, 0.15) is 12.1 Å². The third kappa shape index (κ3) is 1.18. The average Bonchev–Trinajstić information content (AvgIpc) is 2.56. The molecule has 2 spiro atoms. The number of Topliss-reactive ketones (excluding diaryl/α,β-unsaturated/α-hetero) is 1. The second-order valence-electron chi connectivity index (χ2n) is 8.87. The van der Waals surface area contributed by atoms with Gasteiger partial charge in [-0.05, 0) is 55.9 Å². The van der Waals surface area contributed by atoms with Crippen molar-refractivity contribution >= 4 is 12.1 Å². The molecule has 0 radical (unpaired) electrons. The molecule has 7 atom stereocenters. The first-order valence-electron chi connectivity index (χ1n) is 9.00. The molecule has 6 saturated carbocycles. The molecule has 23 heavy (non-hydrogen) atoms. The molecule has 0 aromatic rings. The maximum atomic E-state index is 13.6. The molecular weight excluding hydrogens is 288 g/mol. The van der Waals surface area contributed by atoms with Crippen LogP contribution < -0.4 is 0 Å². The van der Waals surface area contributed by atoms with Crippen LogP contribution in [-0.4, -0.2) is 23.3 Å². The van der Waals surface area contributed by atoms with Crippen molar-refractivity contribution in [3.8, 4) is 0 Å². The van der Waals surface area contributed by atoms with Crippen LogP contribution in [0.15, 0.2) is 23.8 Å². The third-order valence-corrected chi connectivity index (χ3v) is 8.52. The van der Waals surface area contributed by atoms with Crippen LogP contribution in [0, 0.1) is 34.0 Å². The first kappa shape index (κ1) is 14.2. The lowest BCUT2D eigenvalue weighted by Gasteiger charge is -2.73. The van der Waals surface area contributed by atoms with Crippen LogP contribution in [-0.2, 0) is 9.59 Å². The van der Waals surface area contributed by atoms with Gasteiger partial charge in [-0.3, -0.25) is 4.79 Å². The topological polar surface area (TPSA) is 54.4 Å².